The van der Waals surface area contributed by atoms with Gasteiger partial charge in [-0.05, 0) is 49.4 Å². The highest BCUT2D eigenvalue weighted by Crippen LogP contribution is 2.35. The van der Waals surface area contributed by atoms with Gasteiger partial charge in [0.05, 0.1) is 19.6 Å². The van der Waals surface area contributed by atoms with Gasteiger partial charge in [-0.25, -0.2) is 4.79 Å². The van der Waals surface area contributed by atoms with Crippen molar-refractivity contribution in [2.24, 2.45) is 0 Å². The maximum atomic E-state index is 12.5. The largest absolute Gasteiger partial charge is 0.497 e. The number of rotatable bonds is 6. The molecule has 0 unspecified atom stereocenters. The summed E-state index contributed by atoms with van der Waals surface area (Å²) in [5.74, 6) is 1.36. The van der Waals surface area contributed by atoms with Gasteiger partial charge in [-0.3, -0.25) is 4.79 Å². The van der Waals surface area contributed by atoms with Gasteiger partial charge >= 0.3 is 5.63 Å². The van der Waals surface area contributed by atoms with E-state index in [1.54, 1.807) is 32.4 Å². The maximum Gasteiger partial charge on any atom is 0.339 e. The van der Waals surface area contributed by atoms with E-state index in [9.17, 15) is 9.59 Å². The average Bonchev–Trinajstić information content (AvgIpc) is 3.21. The van der Waals surface area contributed by atoms with Crippen LogP contribution in [0.3, 0.4) is 0 Å². The van der Waals surface area contributed by atoms with E-state index in [0.29, 0.717) is 40.5 Å². The zero-order valence-corrected chi connectivity index (χ0v) is 17.2. The lowest BCUT2D eigenvalue weighted by molar-refractivity contribution is -0.118. The number of hydrogen-bond donors (Lipinski definition) is 1. The van der Waals surface area contributed by atoms with Gasteiger partial charge in [0.25, 0.3) is 5.91 Å². The van der Waals surface area contributed by atoms with Gasteiger partial charge in [0, 0.05) is 29.4 Å². The summed E-state index contributed by atoms with van der Waals surface area (Å²) in [5.41, 5.74) is 3.32. The minimum atomic E-state index is -0.325. The van der Waals surface area contributed by atoms with Crippen LogP contribution in [0, 0.1) is 6.92 Å². The molecule has 0 fully saturated rings. The van der Waals surface area contributed by atoms with Crippen LogP contribution in [-0.4, -0.2) is 26.7 Å². The fourth-order valence-corrected chi connectivity index (χ4v) is 3.84. The predicted molar refractivity (Wildman–Crippen MR) is 113 cm³/mol. The molecule has 1 N–H and O–H groups in total. The third-order valence-corrected chi connectivity index (χ3v) is 5.17. The van der Waals surface area contributed by atoms with Gasteiger partial charge in [0.1, 0.15) is 22.8 Å². The summed E-state index contributed by atoms with van der Waals surface area (Å²) >= 11 is 0. The van der Waals surface area contributed by atoms with Crippen LogP contribution in [0.15, 0.2) is 39.5 Å². The molecular formula is C23H23NO6. The molecule has 30 heavy (non-hydrogen) atoms. The van der Waals surface area contributed by atoms with Crippen LogP contribution in [0.1, 0.15) is 23.1 Å². The highest BCUT2D eigenvalue weighted by atomic mass is 16.5. The van der Waals surface area contributed by atoms with Gasteiger partial charge in [-0.15, -0.1) is 0 Å². The van der Waals surface area contributed by atoms with Crippen molar-refractivity contribution in [2.45, 2.75) is 26.2 Å². The lowest BCUT2D eigenvalue weighted by Crippen LogP contribution is -2.20. The minimum Gasteiger partial charge on any atom is -0.497 e. The number of carbonyl (C=O) groups is 1. The van der Waals surface area contributed by atoms with E-state index in [1.807, 2.05) is 19.1 Å². The Morgan fingerprint density at radius 1 is 1.03 bits per heavy atom. The molecule has 0 bridgehead atoms. The van der Waals surface area contributed by atoms with Gasteiger partial charge in [-0.2, -0.15) is 0 Å². The highest BCUT2D eigenvalue weighted by Gasteiger charge is 2.22. The predicted octanol–water partition coefficient (Wildman–Crippen LogP) is 3.62. The maximum absolute atomic E-state index is 12.5. The molecule has 1 amide bonds. The van der Waals surface area contributed by atoms with Crippen LogP contribution in [-0.2, 0) is 17.6 Å². The van der Waals surface area contributed by atoms with Crippen LogP contribution in [0.2, 0.25) is 0 Å². The first-order valence-electron chi connectivity index (χ1n) is 9.73. The third kappa shape index (κ3) is 3.83. The Bertz CT molecular complexity index is 1160. The first kappa shape index (κ1) is 19.8. The molecule has 2 aromatic carbocycles. The molecule has 7 heteroatoms. The van der Waals surface area contributed by atoms with Gasteiger partial charge < -0.3 is 23.9 Å². The Balaban J connectivity index is 1.58. The van der Waals surface area contributed by atoms with Crippen molar-refractivity contribution < 1.29 is 23.4 Å². The Morgan fingerprint density at radius 3 is 2.43 bits per heavy atom. The van der Waals surface area contributed by atoms with Crippen LogP contribution < -0.4 is 25.2 Å². The molecule has 0 atom stereocenters. The first-order valence-corrected chi connectivity index (χ1v) is 9.73. The van der Waals surface area contributed by atoms with Gasteiger partial charge in [0.15, 0.2) is 6.61 Å². The second-order valence-electron chi connectivity index (χ2n) is 7.27. The summed E-state index contributed by atoms with van der Waals surface area (Å²) in [6.45, 7) is 1.70. The van der Waals surface area contributed by atoms with E-state index >= 15 is 0 Å². The Hall–Kier alpha value is -3.48. The number of ether oxygens (including phenoxy) is 3. The zero-order chi connectivity index (χ0) is 21.3. The molecule has 0 aliphatic heterocycles. The van der Waals surface area contributed by atoms with E-state index in [-0.39, 0.29) is 18.1 Å². The molecule has 156 valence electrons. The summed E-state index contributed by atoms with van der Waals surface area (Å²) in [5, 5.41) is 3.57. The number of benzene rings is 2. The lowest BCUT2D eigenvalue weighted by atomic mass is 10.0. The van der Waals surface area contributed by atoms with Crippen LogP contribution >= 0.6 is 0 Å². The SMILES string of the molecule is COc1cc(NC(=O)COc2cc(C)cc3oc(=O)c4c(c23)CCC4)cc(OC)c1. The number of nitrogens with one attached hydrogen (secondary N) is 1. The second-order valence-corrected chi connectivity index (χ2v) is 7.27. The van der Waals surface area contributed by atoms with E-state index in [0.717, 1.165) is 29.4 Å². The van der Waals surface area contributed by atoms with Crippen molar-refractivity contribution in [3.8, 4) is 17.2 Å². The smallest absolute Gasteiger partial charge is 0.339 e. The monoisotopic (exact) mass is 409 g/mol. The molecule has 4 rings (SSSR count). The average molecular weight is 409 g/mol. The van der Waals surface area contributed by atoms with E-state index in [2.05, 4.69) is 5.32 Å². The third-order valence-electron chi connectivity index (χ3n) is 5.17. The van der Waals surface area contributed by atoms with Gasteiger partial charge in [-0.1, -0.05) is 0 Å². The topological polar surface area (TPSA) is 87.0 Å². The summed E-state index contributed by atoms with van der Waals surface area (Å²) in [6.07, 6.45) is 2.41. The van der Waals surface area contributed by atoms with Crippen molar-refractivity contribution in [3.05, 3.63) is 57.4 Å². The van der Waals surface area contributed by atoms with Crippen molar-refractivity contribution in [1.82, 2.24) is 0 Å². The number of hydrogen-bond acceptors (Lipinski definition) is 6. The molecule has 1 aliphatic carbocycles. The molecule has 3 aromatic rings. The number of anilines is 1. The number of carbonyl (C=O) groups excluding carboxylic acids is 1. The Kier molecular flexibility index (Phi) is 5.35. The highest BCUT2D eigenvalue weighted by molar-refractivity contribution is 5.93. The van der Waals surface area contributed by atoms with Crippen molar-refractivity contribution in [1.29, 1.82) is 0 Å². The van der Waals surface area contributed by atoms with Crippen molar-refractivity contribution in [3.63, 3.8) is 0 Å². The molecule has 1 aromatic heterocycles. The van der Waals surface area contributed by atoms with E-state index < -0.39 is 0 Å². The van der Waals surface area contributed by atoms with Crippen LogP contribution in [0.4, 0.5) is 5.69 Å². The van der Waals surface area contributed by atoms with E-state index in [4.69, 9.17) is 18.6 Å². The fourth-order valence-electron chi connectivity index (χ4n) is 3.84. The number of methoxy groups -OCH3 is 2. The van der Waals surface area contributed by atoms with Crippen LogP contribution in [0.5, 0.6) is 17.2 Å². The first-order chi connectivity index (χ1) is 14.5. The molecule has 1 heterocycles. The number of fused-ring (bicyclic) bond motifs is 3. The number of amides is 1. The van der Waals surface area contributed by atoms with Crippen molar-refractivity contribution >= 4 is 22.6 Å². The fraction of sp³-hybridized carbons (Fsp3) is 0.304. The molecular weight excluding hydrogens is 386 g/mol. The summed E-state index contributed by atoms with van der Waals surface area (Å²) in [6, 6.07) is 8.81. The molecule has 0 saturated carbocycles. The van der Waals surface area contributed by atoms with Crippen molar-refractivity contribution in [2.75, 3.05) is 26.1 Å². The number of aryl methyl sites for hydroxylation is 2. The normalized spacial score (nSPS) is 12.5. The second kappa shape index (κ2) is 8.10. The standard InChI is InChI=1S/C23H23NO6/c1-13-7-19(22-17-5-4-6-18(17)23(26)30-20(22)8-13)29-12-21(25)24-14-9-15(27-2)11-16(10-14)28-3/h7-11H,4-6,12H2,1-3H3,(H,24,25). The van der Waals surface area contributed by atoms with E-state index in [1.165, 1.54) is 0 Å². The summed E-state index contributed by atoms with van der Waals surface area (Å²) in [7, 11) is 3.09. The Morgan fingerprint density at radius 2 is 1.73 bits per heavy atom. The lowest BCUT2D eigenvalue weighted by Gasteiger charge is -2.13. The summed E-state index contributed by atoms with van der Waals surface area (Å²) in [4.78, 5) is 24.7. The molecule has 7 nitrogen and oxygen atoms in total. The van der Waals surface area contributed by atoms with Crippen LogP contribution in [0.25, 0.3) is 11.0 Å². The minimum absolute atomic E-state index is 0.189. The summed E-state index contributed by atoms with van der Waals surface area (Å²) < 4.78 is 21.8. The zero-order valence-electron chi connectivity index (χ0n) is 17.2. The van der Waals surface area contributed by atoms with Gasteiger partial charge in [0.2, 0.25) is 0 Å². The molecule has 0 radical (unpaired) electrons. The quantitative estimate of drug-likeness (QED) is 0.626. The molecule has 0 saturated heterocycles. The molecule has 0 spiro atoms. The molecule has 1 aliphatic rings. The Labute approximate surface area is 173 Å².